The van der Waals surface area contributed by atoms with E-state index in [0.29, 0.717) is 12.8 Å². The van der Waals surface area contributed by atoms with Gasteiger partial charge >= 0.3 is 11.9 Å². The lowest BCUT2D eigenvalue weighted by molar-refractivity contribution is -0.152. The second-order valence-electron chi connectivity index (χ2n) is 7.79. The number of carbonyl (C=O) groups is 2. The van der Waals surface area contributed by atoms with Gasteiger partial charge in [-0.15, -0.1) is 13.2 Å². The predicted octanol–water partition coefficient (Wildman–Crippen LogP) is 5.47. The molecule has 0 N–H and O–H groups in total. The summed E-state index contributed by atoms with van der Waals surface area (Å²) in [6, 6.07) is 7.56. The molecule has 2 unspecified atom stereocenters. The fourth-order valence-corrected chi connectivity index (χ4v) is 2.97. The van der Waals surface area contributed by atoms with Crippen LogP contribution in [0.15, 0.2) is 49.6 Å². The first-order valence-corrected chi connectivity index (χ1v) is 9.93. The molecule has 1 aromatic carbocycles. The van der Waals surface area contributed by atoms with E-state index in [1.807, 2.05) is 52.0 Å². The summed E-state index contributed by atoms with van der Waals surface area (Å²) in [7, 11) is 0. The normalized spacial score (nSPS) is 13.1. The Morgan fingerprint density at radius 2 is 1.25 bits per heavy atom. The zero-order chi connectivity index (χ0) is 21.1. The molecule has 0 spiro atoms. The average Bonchev–Trinajstić information content (AvgIpc) is 2.66. The van der Waals surface area contributed by atoms with Gasteiger partial charge in [0.15, 0.2) is 0 Å². The molecule has 0 aliphatic rings. The van der Waals surface area contributed by atoms with Gasteiger partial charge in [0.2, 0.25) is 0 Å². The molecule has 0 saturated carbocycles. The molecule has 0 amide bonds. The summed E-state index contributed by atoms with van der Waals surface area (Å²) in [6.45, 7) is 15.8. The maximum absolute atomic E-state index is 12.3. The SMILES string of the molecule is C=CCC(C(=O)OCc1cccc(COC(=O)C(CC=C)C(C)C)c1)C(C)C. The first-order chi connectivity index (χ1) is 13.3. The van der Waals surface area contributed by atoms with Gasteiger partial charge < -0.3 is 9.47 Å². The summed E-state index contributed by atoms with van der Waals surface area (Å²) in [5, 5.41) is 0. The Balaban J connectivity index is 2.64. The topological polar surface area (TPSA) is 52.6 Å². The van der Waals surface area contributed by atoms with Crippen LogP contribution in [0.5, 0.6) is 0 Å². The zero-order valence-electron chi connectivity index (χ0n) is 17.6. The van der Waals surface area contributed by atoms with Gasteiger partial charge in [0, 0.05) is 0 Å². The number of allylic oxidation sites excluding steroid dienone is 2. The van der Waals surface area contributed by atoms with Crippen molar-refractivity contribution < 1.29 is 19.1 Å². The van der Waals surface area contributed by atoms with Crippen molar-refractivity contribution in [2.75, 3.05) is 0 Å². The van der Waals surface area contributed by atoms with Gasteiger partial charge in [0.25, 0.3) is 0 Å². The Morgan fingerprint density at radius 1 is 0.857 bits per heavy atom. The number of rotatable bonds is 12. The van der Waals surface area contributed by atoms with Gasteiger partial charge in [-0.25, -0.2) is 0 Å². The van der Waals surface area contributed by atoms with Crippen molar-refractivity contribution in [1.82, 2.24) is 0 Å². The highest BCUT2D eigenvalue weighted by molar-refractivity contribution is 5.73. The Labute approximate surface area is 169 Å². The number of carbonyl (C=O) groups excluding carboxylic acids is 2. The molecule has 0 radical (unpaired) electrons. The second kappa shape index (κ2) is 12.2. The predicted molar refractivity (Wildman–Crippen MR) is 112 cm³/mol. The van der Waals surface area contributed by atoms with Crippen LogP contribution in [0.2, 0.25) is 0 Å². The Kier molecular flexibility index (Phi) is 10.3. The van der Waals surface area contributed by atoms with Crippen LogP contribution in [0.3, 0.4) is 0 Å². The van der Waals surface area contributed by atoms with Crippen LogP contribution in [0.1, 0.15) is 51.7 Å². The third-order valence-corrected chi connectivity index (χ3v) is 4.81. The lowest BCUT2D eigenvalue weighted by Gasteiger charge is -2.18. The van der Waals surface area contributed by atoms with Gasteiger partial charge in [0.1, 0.15) is 13.2 Å². The van der Waals surface area contributed by atoms with Crippen LogP contribution in [-0.2, 0) is 32.3 Å². The van der Waals surface area contributed by atoms with Crippen LogP contribution in [0, 0.1) is 23.7 Å². The van der Waals surface area contributed by atoms with Gasteiger partial charge in [-0.05, 0) is 41.9 Å². The molecule has 4 nitrogen and oxygen atoms in total. The molecule has 0 aliphatic heterocycles. The minimum absolute atomic E-state index is 0.181. The minimum Gasteiger partial charge on any atom is -0.461 e. The van der Waals surface area contributed by atoms with Crippen molar-refractivity contribution in [1.29, 1.82) is 0 Å². The summed E-state index contributed by atoms with van der Waals surface area (Å²) in [5.74, 6) is -0.396. The Bertz CT molecular complexity index is 607. The van der Waals surface area contributed by atoms with E-state index in [9.17, 15) is 9.59 Å². The third kappa shape index (κ3) is 7.71. The second-order valence-corrected chi connectivity index (χ2v) is 7.79. The van der Waals surface area contributed by atoms with E-state index in [1.54, 1.807) is 12.2 Å². The number of ether oxygens (including phenoxy) is 2. The van der Waals surface area contributed by atoms with Crippen molar-refractivity contribution >= 4 is 11.9 Å². The highest BCUT2D eigenvalue weighted by atomic mass is 16.5. The maximum atomic E-state index is 12.3. The van der Waals surface area contributed by atoms with Crippen molar-refractivity contribution in [3.63, 3.8) is 0 Å². The van der Waals surface area contributed by atoms with E-state index in [0.717, 1.165) is 11.1 Å². The summed E-state index contributed by atoms with van der Waals surface area (Å²) in [4.78, 5) is 24.6. The van der Waals surface area contributed by atoms with E-state index in [4.69, 9.17) is 9.47 Å². The number of benzene rings is 1. The van der Waals surface area contributed by atoms with E-state index in [2.05, 4.69) is 13.2 Å². The van der Waals surface area contributed by atoms with E-state index < -0.39 is 0 Å². The summed E-state index contributed by atoms with van der Waals surface area (Å²) >= 11 is 0. The summed E-state index contributed by atoms with van der Waals surface area (Å²) in [6.07, 6.45) is 4.71. The molecule has 0 bridgehead atoms. The molecule has 1 aromatic rings. The lowest BCUT2D eigenvalue weighted by Crippen LogP contribution is -2.22. The molecule has 4 heteroatoms. The van der Waals surface area contributed by atoms with Crippen LogP contribution in [0.4, 0.5) is 0 Å². The largest absolute Gasteiger partial charge is 0.461 e. The van der Waals surface area contributed by atoms with Gasteiger partial charge in [0.05, 0.1) is 11.8 Å². The number of hydrogen-bond donors (Lipinski definition) is 0. The highest BCUT2D eigenvalue weighted by Gasteiger charge is 2.23. The smallest absolute Gasteiger partial charge is 0.309 e. The molecular weight excluding hydrogens is 352 g/mol. The van der Waals surface area contributed by atoms with Gasteiger partial charge in [-0.3, -0.25) is 9.59 Å². The molecular formula is C24H34O4. The van der Waals surface area contributed by atoms with Crippen molar-refractivity contribution in [3.8, 4) is 0 Å². The fraction of sp³-hybridized carbons (Fsp3) is 0.500. The summed E-state index contributed by atoms with van der Waals surface area (Å²) < 4.78 is 11.0. The third-order valence-electron chi connectivity index (χ3n) is 4.81. The lowest BCUT2D eigenvalue weighted by atomic mass is 9.93. The molecule has 0 aliphatic carbocycles. The highest BCUT2D eigenvalue weighted by Crippen LogP contribution is 2.20. The van der Waals surface area contributed by atoms with E-state index in [-0.39, 0.29) is 48.8 Å². The summed E-state index contributed by atoms with van der Waals surface area (Å²) in [5.41, 5.74) is 1.74. The zero-order valence-corrected chi connectivity index (χ0v) is 17.6. The Morgan fingerprint density at radius 3 is 1.57 bits per heavy atom. The fourth-order valence-electron chi connectivity index (χ4n) is 2.97. The van der Waals surface area contributed by atoms with Crippen LogP contribution in [0.25, 0.3) is 0 Å². The standard InChI is InChI=1S/C24H34O4/c1-7-10-21(17(3)4)23(25)27-15-19-12-9-13-20(14-19)16-28-24(26)22(11-8-2)18(5)6/h7-9,12-14,17-18,21-22H,1-2,10-11,15-16H2,3-6H3. The minimum atomic E-state index is -0.212. The molecule has 0 fully saturated rings. The van der Waals surface area contributed by atoms with E-state index in [1.165, 1.54) is 0 Å². The van der Waals surface area contributed by atoms with E-state index >= 15 is 0 Å². The molecule has 154 valence electrons. The van der Waals surface area contributed by atoms with Crippen molar-refractivity contribution in [2.45, 2.75) is 53.8 Å². The first-order valence-electron chi connectivity index (χ1n) is 9.93. The Hall–Kier alpha value is -2.36. The number of hydrogen-bond acceptors (Lipinski definition) is 4. The first kappa shape index (κ1) is 23.7. The molecule has 0 aromatic heterocycles. The van der Waals surface area contributed by atoms with Crippen molar-refractivity contribution in [2.24, 2.45) is 23.7 Å². The molecule has 0 saturated heterocycles. The van der Waals surface area contributed by atoms with Crippen molar-refractivity contribution in [3.05, 3.63) is 60.7 Å². The quantitative estimate of drug-likeness (QED) is 0.353. The average molecular weight is 387 g/mol. The maximum Gasteiger partial charge on any atom is 0.309 e. The van der Waals surface area contributed by atoms with Gasteiger partial charge in [-0.2, -0.15) is 0 Å². The number of esters is 2. The molecule has 2 atom stereocenters. The van der Waals surface area contributed by atoms with Crippen LogP contribution in [-0.4, -0.2) is 11.9 Å². The van der Waals surface area contributed by atoms with Gasteiger partial charge in [-0.1, -0.05) is 58.0 Å². The van der Waals surface area contributed by atoms with Crippen LogP contribution < -0.4 is 0 Å². The monoisotopic (exact) mass is 386 g/mol. The molecule has 1 rings (SSSR count). The molecule has 0 heterocycles. The van der Waals surface area contributed by atoms with Crippen LogP contribution >= 0.6 is 0 Å². The molecule has 28 heavy (non-hydrogen) atoms.